The van der Waals surface area contributed by atoms with Crippen molar-refractivity contribution in [1.82, 2.24) is 14.3 Å². The first-order valence-corrected chi connectivity index (χ1v) is 9.60. The largest absolute Gasteiger partial charge is 0.369 e. The van der Waals surface area contributed by atoms with E-state index in [9.17, 15) is 9.59 Å². The fraction of sp³-hybridized carbons (Fsp3) is 0.278. The molecule has 6 nitrogen and oxygen atoms in total. The Hall–Kier alpha value is -2.38. The molecule has 4 rings (SSSR count). The molecule has 0 unspecified atom stereocenters. The van der Waals surface area contributed by atoms with Crippen LogP contribution in [-0.2, 0) is 4.79 Å². The minimum atomic E-state index is -0.283. The topological polar surface area (TPSA) is 80.7 Å². The lowest BCUT2D eigenvalue weighted by atomic mass is 9.96. The number of halogens is 1. The number of fused-ring (bicyclic) bond motifs is 1. The molecule has 1 aliphatic heterocycles. The number of hydrogen-bond donors (Lipinski definition) is 1. The lowest BCUT2D eigenvalue weighted by molar-refractivity contribution is -0.123. The van der Waals surface area contributed by atoms with Crippen LogP contribution in [0.5, 0.6) is 0 Å². The second-order valence-electron chi connectivity index (χ2n) is 6.35. The van der Waals surface area contributed by atoms with Crippen molar-refractivity contribution in [2.75, 3.05) is 13.1 Å². The Kier molecular flexibility index (Phi) is 4.42. The smallest absolute Gasteiger partial charge is 0.271 e. The molecule has 0 spiro atoms. The molecule has 2 amide bonds. The Morgan fingerprint density at radius 2 is 1.96 bits per heavy atom. The monoisotopic (exact) mass is 388 g/mol. The van der Waals surface area contributed by atoms with Crippen molar-refractivity contribution >= 4 is 39.7 Å². The van der Waals surface area contributed by atoms with Crippen LogP contribution in [0.3, 0.4) is 0 Å². The van der Waals surface area contributed by atoms with Crippen molar-refractivity contribution in [3.05, 3.63) is 46.6 Å². The van der Waals surface area contributed by atoms with Crippen LogP contribution in [0, 0.1) is 5.92 Å². The third kappa shape index (κ3) is 2.97. The van der Waals surface area contributed by atoms with Crippen LogP contribution in [0.1, 0.15) is 23.3 Å². The van der Waals surface area contributed by atoms with Gasteiger partial charge in [-0.25, -0.2) is 4.98 Å². The molecule has 1 aromatic carbocycles. The zero-order valence-electron chi connectivity index (χ0n) is 13.9. The molecule has 0 bridgehead atoms. The summed E-state index contributed by atoms with van der Waals surface area (Å²) in [6, 6.07) is 7.50. The third-order valence-electron chi connectivity index (χ3n) is 4.76. The summed E-state index contributed by atoms with van der Waals surface area (Å²) in [5, 5.41) is 2.45. The minimum Gasteiger partial charge on any atom is -0.369 e. The highest BCUT2D eigenvalue weighted by atomic mass is 35.5. The van der Waals surface area contributed by atoms with E-state index in [1.165, 1.54) is 11.3 Å². The Labute approximate surface area is 159 Å². The van der Waals surface area contributed by atoms with Crippen LogP contribution < -0.4 is 5.73 Å². The van der Waals surface area contributed by atoms with Crippen molar-refractivity contribution < 1.29 is 9.59 Å². The van der Waals surface area contributed by atoms with Crippen LogP contribution in [0.2, 0.25) is 5.02 Å². The van der Waals surface area contributed by atoms with Gasteiger partial charge in [-0.15, -0.1) is 11.3 Å². The fourth-order valence-corrected chi connectivity index (χ4v) is 4.35. The number of thiazole rings is 1. The molecule has 2 N–H and O–H groups in total. The molecule has 1 aliphatic rings. The van der Waals surface area contributed by atoms with Crippen molar-refractivity contribution in [3.8, 4) is 11.3 Å². The number of hydrogen-bond acceptors (Lipinski definition) is 4. The molecule has 8 heteroatoms. The van der Waals surface area contributed by atoms with E-state index >= 15 is 0 Å². The van der Waals surface area contributed by atoms with Crippen LogP contribution >= 0.6 is 22.9 Å². The summed E-state index contributed by atoms with van der Waals surface area (Å²) in [7, 11) is 0. The van der Waals surface area contributed by atoms with E-state index in [1.807, 2.05) is 40.2 Å². The molecule has 0 saturated carbocycles. The Bertz CT molecular complexity index is 988. The predicted octanol–water partition coefficient (Wildman–Crippen LogP) is 3.05. The number of amides is 2. The molecule has 1 fully saturated rings. The number of aromatic nitrogens is 2. The van der Waals surface area contributed by atoms with E-state index in [-0.39, 0.29) is 17.7 Å². The lowest BCUT2D eigenvalue weighted by Gasteiger charge is -2.30. The van der Waals surface area contributed by atoms with Crippen molar-refractivity contribution in [1.29, 1.82) is 0 Å². The van der Waals surface area contributed by atoms with Crippen LogP contribution in [0.25, 0.3) is 16.2 Å². The zero-order chi connectivity index (χ0) is 18.3. The molecule has 134 valence electrons. The SMILES string of the molecule is NC(=O)C1CCN(C(=O)c2csc3nc(-c4ccccc4Cl)cn23)CC1. The fourth-order valence-electron chi connectivity index (χ4n) is 3.27. The number of primary amides is 1. The predicted molar refractivity (Wildman–Crippen MR) is 101 cm³/mol. The zero-order valence-corrected chi connectivity index (χ0v) is 15.5. The quantitative estimate of drug-likeness (QED) is 0.748. The minimum absolute atomic E-state index is 0.0534. The van der Waals surface area contributed by atoms with Gasteiger partial charge in [0.25, 0.3) is 5.91 Å². The van der Waals surface area contributed by atoms with Gasteiger partial charge in [0, 0.05) is 36.1 Å². The molecule has 2 aromatic heterocycles. The molecule has 3 heterocycles. The highest BCUT2D eigenvalue weighted by Gasteiger charge is 2.28. The summed E-state index contributed by atoms with van der Waals surface area (Å²) in [6.07, 6.45) is 3.07. The first kappa shape index (κ1) is 17.1. The second-order valence-corrected chi connectivity index (χ2v) is 7.59. The van der Waals surface area contributed by atoms with Crippen molar-refractivity contribution in [2.45, 2.75) is 12.8 Å². The van der Waals surface area contributed by atoms with Crippen LogP contribution in [-0.4, -0.2) is 39.2 Å². The van der Waals surface area contributed by atoms with E-state index < -0.39 is 0 Å². The van der Waals surface area contributed by atoms with E-state index in [0.717, 1.165) is 16.2 Å². The number of carbonyl (C=O) groups excluding carboxylic acids is 2. The van der Waals surface area contributed by atoms with Crippen molar-refractivity contribution in [3.63, 3.8) is 0 Å². The number of nitrogens with zero attached hydrogens (tertiary/aromatic N) is 3. The van der Waals surface area contributed by atoms with Gasteiger partial charge in [-0.2, -0.15) is 0 Å². The van der Waals surface area contributed by atoms with Gasteiger partial charge in [0.2, 0.25) is 5.91 Å². The van der Waals surface area contributed by atoms with Gasteiger partial charge in [0.05, 0.1) is 10.7 Å². The molecule has 26 heavy (non-hydrogen) atoms. The average Bonchev–Trinajstić information content (AvgIpc) is 3.22. The summed E-state index contributed by atoms with van der Waals surface area (Å²) >= 11 is 7.68. The number of carbonyl (C=O) groups is 2. The standard InChI is InChI=1S/C18H17ClN4O2S/c19-13-4-2-1-3-12(13)14-9-23-15(10-26-18(23)21-14)17(25)22-7-5-11(6-8-22)16(20)24/h1-4,9-11H,5-8H2,(H2,20,24). The van der Waals surface area contributed by atoms with Gasteiger partial charge in [-0.05, 0) is 18.9 Å². The maximum atomic E-state index is 12.9. The number of piperidine rings is 1. The van der Waals surface area contributed by atoms with Gasteiger partial charge in [0.1, 0.15) is 5.69 Å². The Morgan fingerprint density at radius 3 is 2.65 bits per heavy atom. The molecular weight excluding hydrogens is 372 g/mol. The normalized spacial score (nSPS) is 15.5. The molecular formula is C18H17ClN4O2S. The van der Waals surface area contributed by atoms with Gasteiger partial charge < -0.3 is 10.6 Å². The van der Waals surface area contributed by atoms with E-state index in [1.54, 1.807) is 4.90 Å². The maximum absolute atomic E-state index is 12.9. The lowest BCUT2D eigenvalue weighted by Crippen LogP contribution is -2.42. The molecule has 0 radical (unpaired) electrons. The summed E-state index contributed by atoms with van der Waals surface area (Å²) in [4.78, 5) is 31.3. The number of rotatable bonds is 3. The summed E-state index contributed by atoms with van der Waals surface area (Å²) in [6.45, 7) is 1.08. The third-order valence-corrected chi connectivity index (χ3v) is 5.93. The van der Waals surface area contributed by atoms with E-state index in [2.05, 4.69) is 4.98 Å². The van der Waals surface area contributed by atoms with Gasteiger partial charge in [0.15, 0.2) is 4.96 Å². The number of benzene rings is 1. The van der Waals surface area contributed by atoms with Crippen molar-refractivity contribution in [2.24, 2.45) is 11.7 Å². The molecule has 0 atom stereocenters. The number of imidazole rings is 1. The van der Waals surface area contributed by atoms with E-state index in [0.29, 0.717) is 36.6 Å². The maximum Gasteiger partial charge on any atom is 0.271 e. The van der Waals surface area contributed by atoms with Gasteiger partial charge in [-0.3, -0.25) is 14.0 Å². The first-order chi connectivity index (χ1) is 12.5. The highest BCUT2D eigenvalue weighted by Crippen LogP contribution is 2.29. The van der Waals surface area contributed by atoms with Crippen LogP contribution in [0.15, 0.2) is 35.8 Å². The number of nitrogens with two attached hydrogens (primary N) is 1. The molecule has 0 aliphatic carbocycles. The number of likely N-dealkylation sites (tertiary alicyclic amines) is 1. The van der Waals surface area contributed by atoms with Gasteiger partial charge in [-0.1, -0.05) is 29.8 Å². The summed E-state index contributed by atoms with van der Waals surface area (Å²) in [5.41, 5.74) is 7.52. The van der Waals surface area contributed by atoms with Gasteiger partial charge >= 0.3 is 0 Å². The molecule has 1 saturated heterocycles. The highest BCUT2D eigenvalue weighted by molar-refractivity contribution is 7.15. The molecule has 3 aromatic rings. The Morgan fingerprint density at radius 1 is 1.23 bits per heavy atom. The summed E-state index contributed by atoms with van der Waals surface area (Å²) < 4.78 is 1.81. The second kappa shape index (κ2) is 6.74. The summed E-state index contributed by atoms with van der Waals surface area (Å²) in [5.74, 6) is -0.474. The van der Waals surface area contributed by atoms with E-state index in [4.69, 9.17) is 17.3 Å². The Balaban J connectivity index is 1.61. The first-order valence-electron chi connectivity index (χ1n) is 8.34. The average molecular weight is 389 g/mol. The van der Waals surface area contributed by atoms with Crippen LogP contribution in [0.4, 0.5) is 0 Å².